The van der Waals surface area contributed by atoms with Gasteiger partial charge < -0.3 is 10.0 Å². The first kappa shape index (κ1) is 12.7. The molecule has 1 aromatic rings. The molecule has 1 saturated heterocycles. The molecule has 0 saturated carbocycles. The number of rotatable bonds is 2. The third kappa shape index (κ3) is 2.75. The summed E-state index contributed by atoms with van der Waals surface area (Å²) in [5, 5.41) is 10.1. The molecule has 3 heteroatoms. The Bertz CT molecular complexity index is 374. The van der Waals surface area contributed by atoms with Crippen molar-refractivity contribution in [1.82, 2.24) is 0 Å². The summed E-state index contributed by atoms with van der Waals surface area (Å²) in [7, 11) is 0. The summed E-state index contributed by atoms with van der Waals surface area (Å²) < 4.78 is 0. The highest BCUT2D eigenvalue weighted by molar-refractivity contribution is 6.30. The van der Waals surface area contributed by atoms with Crippen molar-refractivity contribution in [3.05, 3.63) is 29.3 Å². The lowest BCUT2D eigenvalue weighted by Gasteiger charge is -2.47. The maximum atomic E-state index is 9.28. The second-order valence-corrected chi connectivity index (χ2v) is 5.92. The van der Waals surface area contributed by atoms with E-state index >= 15 is 0 Å². The van der Waals surface area contributed by atoms with E-state index in [0.29, 0.717) is 12.5 Å². The van der Waals surface area contributed by atoms with E-state index in [9.17, 15) is 5.11 Å². The van der Waals surface area contributed by atoms with Crippen LogP contribution in [0, 0.1) is 5.92 Å². The largest absolute Gasteiger partial charge is 0.396 e. The SMILES string of the molecule is CC1(C)CC(CO)CCN1c1ccc(Cl)cc1. The highest BCUT2D eigenvalue weighted by atomic mass is 35.5. The Morgan fingerprint density at radius 2 is 2.00 bits per heavy atom. The molecule has 17 heavy (non-hydrogen) atoms. The monoisotopic (exact) mass is 253 g/mol. The van der Waals surface area contributed by atoms with E-state index in [2.05, 4.69) is 30.9 Å². The van der Waals surface area contributed by atoms with Crippen molar-refractivity contribution in [2.75, 3.05) is 18.1 Å². The van der Waals surface area contributed by atoms with E-state index in [1.165, 1.54) is 5.69 Å². The maximum absolute atomic E-state index is 9.28. The van der Waals surface area contributed by atoms with E-state index in [1.807, 2.05) is 12.1 Å². The first-order valence-corrected chi connectivity index (χ1v) is 6.55. The molecule has 0 amide bonds. The number of anilines is 1. The third-order valence-electron chi connectivity index (χ3n) is 3.68. The van der Waals surface area contributed by atoms with Crippen LogP contribution in [0.1, 0.15) is 26.7 Å². The maximum Gasteiger partial charge on any atom is 0.0460 e. The molecule has 0 bridgehead atoms. The van der Waals surface area contributed by atoms with E-state index < -0.39 is 0 Å². The van der Waals surface area contributed by atoms with Gasteiger partial charge in [0.25, 0.3) is 0 Å². The zero-order valence-corrected chi connectivity index (χ0v) is 11.2. The van der Waals surface area contributed by atoms with Crippen molar-refractivity contribution in [3.8, 4) is 0 Å². The van der Waals surface area contributed by atoms with E-state index in [4.69, 9.17) is 11.6 Å². The van der Waals surface area contributed by atoms with Gasteiger partial charge in [0.1, 0.15) is 0 Å². The summed E-state index contributed by atoms with van der Waals surface area (Å²) in [5.41, 5.74) is 1.32. The quantitative estimate of drug-likeness (QED) is 0.874. The standard InChI is InChI=1S/C14H20ClNO/c1-14(2)9-11(10-17)7-8-16(14)13-5-3-12(15)4-6-13/h3-6,11,17H,7-10H2,1-2H3. The van der Waals surface area contributed by atoms with Crippen molar-refractivity contribution in [3.63, 3.8) is 0 Å². The molecule has 1 N–H and O–H groups in total. The fraction of sp³-hybridized carbons (Fsp3) is 0.571. The molecule has 1 fully saturated rings. The Kier molecular flexibility index (Phi) is 3.64. The normalized spacial score (nSPS) is 23.8. The van der Waals surface area contributed by atoms with Crippen LogP contribution in [0.3, 0.4) is 0 Å². The molecule has 1 aliphatic heterocycles. The van der Waals surface area contributed by atoms with Gasteiger partial charge in [-0.05, 0) is 56.9 Å². The zero-order chi connectivity index (χ0) is 12.5. The van der Waals surface area contributed by atoms with Gasteiger partial charge in [-0.2, -0.15) is 0 Å². The molecule has 0 radical (unpaired) electrons. The molecular weight excluding hydrogens is 234 g/mol. The van der Waals surface area contributed by atoms with Crippen LogP contribution in [0.2, 0.25) is 5.02 Å². The Morgan fingerprint density at radius 1 is 1.35 bits per heavy atom. The number of nitrogens with zero attached hydrogens (tertiary/aromatic N) is 1. The number of aliphatic hydroxyl groups excluding tert-OH is 1. The van der Waals surface area contributed by atoms with Gasteiger partial charge in [-0.15, -0.1) is 0 Å². The average Bonchev–Trinajstić information content (AvgIpc) is 2.29. The summed E-state index contributed by atoms with van der Waals surface area (Å²) in [5.74, 6) is 0.438. The summed E-state index contributed by atoms with van der Waals surface area (Å²) in [6.07, 6.45) is 2.09. The number of benzene rings is 1. The van der Waals surface area contributed by atoms with Crippen molar-refractivity contribution >= 4 is 17.3 Å². The minimum Gasteiger partial charge on any atom is -0.396 e. The third-order valence-corrected chi connectivity index (χ3v) is 3.93. The molecule has 1 aliphatic rings. The van der Waals surface area contributed by atoms with E-state index in [-0.39, 0.29) is 5.54 Å². The Balaban J connectivity index is 2.18. The van der Waals surface area contributed by atoms with Gasteiger partial charge in [0.05, 0.1) is 0 Å². The highest BCUT2D eigenvalue weighted by Crippen LogP contribution is 2.35. The molecule has 2 nitrogen and oxygen atoms in total. The molecule has 0 aliphatic carbocycles. The second-order valence-electron chi connectivity index (χ2n) is 5.48. The lowest BCUT2D eigenvalue weighted by molar-refractivity contribution is 0.166. The predicted molar refractivity (Wildman–Crippen MR) is 72.7 cm³/mol. The topological polar surface area (TPSA) is 23.5 Å². The lowest BCUT2D eigenvalue weighted by Crippen LogP contribution is -2.50. The van der Waals surface area contributed by atoms with Gasteiger partial charge in [-0.3, -0.25) is 0 Å². The van der Waals surface area contributed by atoms with Crippen LogP contribution in [0.4, 0.5) is 5.69 Å². The number of aliphatic hydroxyl groups is 1. The summed E-state index contributed by atoms with van der Waals surface area (Å²) in [4.78, 5) is 2.41. The van der Waals surface area contributed by atoms with Gasteiger partial charge >= 0.3 is 0 Å². The number of hydrogen-bond donors (Lipinski definition) is 1. The van der Waals surface area contributed by atoms with Crippen LogP contribution in [-0.2, 0) is 0 Å². The molecule has 1 aromatic carbocycles. The number of hydrogen-bond acceptors (Lipinski definition) is 2. The van der Waals surface area contributed by atoms with Gasteiger partial charge in [0.2, 0.25) is 0 Å². The molecule has 0 spiro atoms. The second kappa shape index (κ2) is 4.87. The fourth-order valence-electron chi connectivity index (χ4n) is 2.79. The fourth-order valence-corrected chi connectivity index (χ4v) is 2.91. The highest BCUT2D eigenvalue weighted by Gasteiger charge is 2.34. The minimum absolute atomic E-state index is 0.0967. The van der Waals surface area contributed by atoms with Crippen molar-refractivity contribution in [2.24, 2.45) is 5.92 Å². The van der Waals surface area contributed by atoms with Crippen LogP contribution >= 0.6 is 11.6 Å². The molecule has 1 unspecified atom stereocenters. The van der Waals surface area contributed by atoms with E-state index in [0.717, 1.165) is 24.4 Å². The Morgan fingerprint density at radius 3 is 2.53 bits per heavy atom. The smallest absolute Gasteiger partial charge is 0.0460 e. The molecule has 0 aromatic heterocycles. The zero-order valence-electron chi connectivity index (χ0n) is 10.5. The van der Waals surface area contributed by atoms with Gasteiger partial charge in [-0.25, -0.2) is 0 Å². The van der Waals surface area contributed by atoms with Gasteiger partial charge in [0, 0.05) is 29.4 Å². The lowest BCUT2D eigenvalue weighted by atomic mass is 9.82. The Labute approximate surface area is 108 Å². The molecule has 1 heterocycles. The van der Waals surface area contributed by atoms with Crippen molar-refractivity contribution in [1.29, 1.82) is 0 Å². The van der Waals surface area contributed by atoms with Gasteiger partial charge in [-0.1, -0.05) is 11.6 Å². The summed E-state index contributed by atoms with van der Waals surface area (Å²) >= 11 is 5.92. The van der Waals surface area contributed by atoms with Crippen LogP contribution in [-0.4, -0.2) is 23.8 Å². The average molecular weight is 254 g/mol. The number of piperidine rings is 1. The Hall–Kier alpha value is -0.730. The summed E-state index contributed by atoms with van der Waals surface area (Å²) in [6, 6.07) is 8.02. The minimum atomic E-state index is 0.0967. The van der Waals surface area contributed by atoms with Crippen molar-refractivity contribution in [2.45, 2.75) is 32.2 Å². The summed E-state index contributed by atoms with van der Waals surface area (Å²) in [6.45, 7) is 5.78. The molecule has 94 valence electrons. The van der Waals surface area contributed by atoms with Crippen LogP contribution in [0.25, 0.3) is 0 Å². The van der Waals surface area contributed by atoms with Crippen LogP contribution in [0.15, 0.2) is 24.3 Å². The molecule has 2 rings (SSSR count). The number of halogens is 1. The molecule has 1 atom stereocenters. The van der Waals surface area contributed by atoms with Crippen LogP contribution in [0.5, 0.6) is 0 Å². The van der Waals surface area contributed by atoms with Crippen molar-refractivity contribution < 1.29 is 5.11 Å². The van der Waals surface area contributed by atoms with Crippen LogP contribution < -0.4 is 4.90 Å². The van der Waals surface area contributed by atoms with Gasteiger partial charge in [0.15, 0.2) is 0 Å². The first-order valence-electron chi connectivity index (χ1n) is 6.17. The molecular formula is C14H20ClNO. The predicted octanol–water partition coefficient (Wildman–Crippen LogP) is 3.33. The van der Waals surface area contributed by atoms with E-state index in [1.54, 1.807) is 0 Å². The first-order chi connectivity index (χ1) is 8.03.